The van der Waals surface area contributed by atoms with Gasteiger partial charge < -0.3 is 29.2 Å². The molecule has 0 spiro atoms. The van der Waals surface area contributed by atoms with Gasteiger partial charge in [0.05, 0.1) is 0 Å². The summed E-state index contributed by atoms with van der Waals surface area (Å²) in [7, 11) is 0. The predicted octanol–water partition coefficient (Wildman–Crippen LogP) is 6.42. The first kappa shape index (κ1) is 31.1. The molecule has 5 rings (SSSR count). The van der Waals surface area contributed by atoms with Gasteiger partial charge in [-0.25, -0.2) is 0 Å². The number of piperazine rings is 1. The minimum Gasteiger partial charge on any atom is -0.490 e. The van der Waals surface area contributed by atoms with Crippen LogP contribution >= 0.6 is 0 Å². The molecule has 10 heteroatoms. The van der Waals surface area contributed by atoms with Gasteiger partial charge in [0.15, 0.2) is 0 Å². The Labute approximate surface area is 259 Å². The Morgan fingerprint density at radius 3 is 2.39 bits per heavy atom. The van der Waals surface area contributed by atoms with Crippen molar-refractivity contribution in [3.63, 3.8) is 0 Å². The molecule has 234 valence electrons. The molecule has 1 atom stereocenters. The number of nitro groups is 1. The molecule has 2 aromatic carbocycles. The first-order valence-corrected chi connectivity index (χ1v) is 15.4. The van der Waals surface area contributed by atoms with Crippen molar-refractivity contribution >= 4 is 11.5 Å². The van der Waals surface area contributed by atoms with Gasteiger partial charge >= 0.3 is 11.8 Å². The molecule has 0 bridgehead atoms. The molecule has 3 aromatic rings. The maximum Gasteiger partial charge on any atom is 0.414 e. The lowest BCUT2D eigenvalue weighted by Gasteiger charge is -2.36. The molecule has 1 aromatic heterocycles. The van der Waals surface area contributed by atoms with Gasteiger partial charge in [-0.2, -0.15) is 0 Å². The number of imidazole rings is 1. The molecule has 0 amide bonds. The summed E-state index contributed by atoms with van der Waals surface area (Å²) in [6.07, 6.45) is 8.52. The van der Waals surface area contributed by atoms with Crippen molar-refractivity contribution in [2.24, 2.45) is 0 Å². The van der Waals surface area contributed by atoms with Gasteiger partial charge in [-0.05, 0) is 86.6 Å². The second-order valence-corrected chi connectivity index (χ2v) is 11.8. The van der Waals surface area contributed by atoms with Crippen molar-refractivity contribution < 1.29 is 19.1 Å². The van der Waals surface area contributed by atoms with E-state index >= 15 is 0 Å². The molecule has 3 heterocycles. The number of fused-ring (bicyclic) bond motifs is 1. The fourth-order valence-corrected chi connectivity index (χ4v) is 5.36. The van der Waals surface area contributed by atoms with Crippen molar-refractivity contribution in [3.05, 3.63) is 93.7 Å². The third-order valence-corrected chi connectivity index (χ3v) is 7.99. The fraction of sp³-hybridized carbons (Fsp3) is 0.441. The van der Waals surface area contributed by atoms with Crippen LogP contribution in [0.2, 0.25) is 0 Å². The number of anilines is 1. The zero-order valence-electron chi connectivity index (χ0n) is 26.0. The predicted molar refractivity (Wildman–Crippen MR) is 172 cm³/mol. The lowest BCUT2D eigenvalue weighted by molar-refractivity contribution is -0.389. The Morgan fingerprint density at radius 2 is 1.68 bits per heavy atom. The monoisotopic (exact) mass is 601 g/mol. The standard InChI is InChI=1S/C34H43N5O5/c1-26(2)5-4-6-27(3)16-22-42-30-11-7-28(8-12-30)23-36-18-20-37(21-19-36)29-9-13-31(14-10-29)43-25-32-15-17-38-24-33(39(40)41)35-34(38)44-32/h5,7-14,16,24,32H,4,6,15,17-23,25H2,1-3H3/b27-16+/t32-/m1/s1. The first-order chi connectivity index (χ1) is 21.3. The average Bonchev–Trinajstić information content (AvgIpc) is 3.46. The van der Waals surface area contributed by atoms with Crippen LogP contribution in [0.1, 0.15) is 45.6 Å². The summed E-state index contributed by atoms with van der Waals surface area (Å²) in [6, 6.07) is 16.9. The summed E-state index contributed by atoms with van der Waals surface area (Å²) in [5.41, 5.74) is 5.21. The molecule has 2 aliphatic rings. The maximum atomic E-state index is 11.0. The molecular formula is C34H43N5O5. The molecule has 1 saturated heterocycles. The number of aryl methyl sites for hydroxylation is 1. The van der Waals surface area contributed by atoms with Gasteiger partial charge in [-0.15, -0.1) is 0 Å². The molecule has 10 nitrogen and oxygen atoms in total. The fourth-order valence-electron chi connectivity index (χ4n) is 5.36. The van der Waals surface area contributed by atoms with Crippen LogP contribution in [-0.2, 0) is 13.1 Å². The summed E-state index contributed by atoms with van der Waals surface area (Å²) >= 11 is 0. The summed E-state index contributed by atoms with van der Waals surface area (Å²) in [4.78, 5) is 19.3. The number of hydrogen-bond acceptors (Lipinski definition) is 8. The minimum absolute atomic E-state index is 0.196. The van der Waals surface area contributed by atoms with Crippen molar-refractivity contribution in [3.8, 4) is 17.5 Å². The molecule has 44 heavy (non-hydrogen) atoms. The Kier molecular flexibility index (Phi) is 10.6. The van der Waals surface area contributed by atoms with Gasteiger partial charge in [0.1, 0.15) is 37.0 Å². The number of ether oxygens (including phenoxy) is 3. The first-order valence-electron chi connectivity index (χ1n) is 15.4. The molecule has 0 saturated carbocycles. The van der Waals surface area contributed by atoms with E-state index in [-0.39, 0.29) is 17.9 Å². The molecular weight excluding hydrogens is 558 g/mol. The Bertz CT molecular complexity index is 1440. The second-order valence-electron chi connectivity index (χ2n) is 11.8. The normalized spacial score (nSPS) is 17.0. The zero-order chi connectivity index (χ0) is 30.9. The van der Waals surface area contributed by atoms with Gasteiger partial charge in [0, 0.05) is 56.4 Å². The second kappa shape index (κ2) is 14.9. The summed E-state index contributed by atoms with van der Waals surface area (Å²) in [5.74, 6) is 1.48. The van der Waals surface area contributed by atoms with E-state index < -0.39 is 4.92 Å². The molecule has 0 aliphatic carbocycles. The molecule has 2 aliphatic heterocycles. The summed E-state index contributed by atoms with van der Waals surface area (Å²) < 4.78 is 19.4. The van der Waals surface area contributed by atoms with Crippen LogP contribution in [-0.4, -0.2) is 64.9 Å². The van der Waals surface area contributed by atoms with Gasteiger partial charge in [0.25, 0.3) is 0 Å². The molecule has 1 fully saturated rings. The zero-order valence-corrected chi connectivity index (χ0v) is 26.0. The van der Waals surface area contributed by atoms with Gasteiger partial charge in [-0.1, -0.05) is 29.4 Å². The lowest BCUT2D eigenvalue weighted by atomic mass is 10.1. The van der Waals surface area contributed by atoms with Crippen LogP contribution in [0.15, 0.2) is 78.0 Å². The average molecular weight is 602 g/mol. The lowest BCUT2D eigenvalue weighted by Crippen LogP contribution is -2.45. The van der Waals surface area contributed by atoms with Crippen molar-refractivity contribution in [1.82, 2.24) is 14.5 Å². The quantitative estimate of drug-likeness (QED) is 0.126. The number of allylic oxidation sites excluding steroid dienone is 3. The van der Waals surface area contributed by atoms with E-state index in [0.29, 0.717) is 26.2 Å². The van der Waals surface area contributed by atoms with Crippen LogP contribution in [0.5, 0.6) is 17.5 Å². The number of rotatable bonds is 13. The summed E-state index contributed by atoms with van der Waals surface area (Å²) in [5, 5.41) is 11.0. The van der Waals surface area contributed by atoms with E-state index in [1.165, 1.54) is 28.6 Å². The SMILES string of the molecule is CC(C)=CCC/C(C)=C/COc1ccc(CN2CCN(c3ccc(OC[C@H]4CCn5cc([N+](=O)[O-])nc5O4)cc3)CC2)cc1. The highest BCUT2D eigenvalue weighted by Gasteiger charge is 2.28. The Morgan fingerprint density at radius 1 is 0.977 bits per heavy atom. The van der Waals surface area contributed by atoms with Crippen LogP contribution < -0.4 is 19.1 Å². The third-order valence-electron chi connectivity index (χ3n) is 7.99. The van der Waals surface area contributed by atoms with Crippen LogP contribution in [0, 0.1) is 10.1 Å². The summed E-state index contributed by atoms with van der Waals surface area (Å²) in [6.45, 7) is 12.9. The molecule has 0 radical (unpaired) electrons. The maximum absolute atomic E-state index is 11.0. The largest absolute Gasteiger partial charge is 0.490 e. The van der Waals surface area contributed by atoms with Crippen molar-refractivity contribution in [1.29, 1.82) is 0 Å². The van der Waals surface area contributed by atoms with E-state index in [1.807, 2.05) is 12.1 Å². The van der Waals surface area contributed by atoms with Crippen molar-refractivity contribution in [2.45, 2.75) is 59.2 Å². The highest BCUT2D eigenvalue weighted by atomic mass is 16.6. The van der Waals surface area contributed by atoms with E-state index in [4.69, 9.17) is 14.2 Å². The van der Waals surface area contributed by atoms with Gasteiger partial charge in [0.2, 0.25) is 0 Å². The van der Waals surface area contributed by atoms with Crippen molar-refractivity contribution in [2.75, 3.05) is 44.3 Å². The smallest absolute Gasteiger partial charge is 0.414 e. The topological polar surface area (TPSA) is 95.1 Å². The number of aromatic nitrogens is 2. The van der Waals surface area contributed by atoms with Crippen LogP contribution in [0.3, 0.4) is 0 Å². The Hall–Kier alpha value is -4.31. The number of hydrogen-bond donors (Lipinski definition) is 0. The van der Waals surface area contributed by atoms with Crippen LogP contribution in [0.4, 0.5) is 11.5 Å². The highest BCUT2D eigenvalue weighted by molar-refractivity contribution is 5.49. The minimum atomic E-state index is -0.508. The van der Waals surface area contributed by atoms with E-state index in [0.717, 1.165) is 57.1 Å². The molecule has 0 unspecified atom stereocenters. The number of benzene rings is 2. The van der Waals surface area contributed by atoms with Gasteiger partial charge in [-0.3, -0.25) is 9.47 Å². The van der Waals surface area contributed by atoms with E-state index in [9.17, 15) is 10.1 Å². The van der Waals surface area contributed by atoms with Crippen LogP contribution in [0.25, 0.3) is 0 Å². The Balaban J connectivity index is 1.00. The molecule has 0 N–H and O–H groups in total. The van der Waals surface area contributed by atoms with E-state index in [1.54, 1.807) is 4.57 Å². The van der Waals surface area contributed by atoms with E-state index in [2.05, 4.69) is 84.1 Å². The highest BCUT2D eigenvalue weighted by Crippen LogP contribution is 2.26. The third kappa shape index (κ3) is 8.86. The number of nitrogens with zero attached hydrogens (tertiary/aromatic N) is 5.